The molecular formula is C35H36F3N5O4. The molecule has 1 saturated carbocycles. The lowest BCUT2D eigenvalue weighted by molar-refractivity contribution is -0.146. The van der Waals surface area contributed by atoms with Gasteiger partial charge in [-0.1, -0.05) is 13.0 Å². The molecule has 1 aliphatic carbocycles. The zero-order valence-electron chi connectivity index (χ0n) is 26.3. The van der Waals surface area contributed by atoms with Gasteiger partial charge in [-0.3, -0.25) is 14.7 Å². The largest absolute Gasteiger partial charge is 0.508 e. The number of aromatic nitrogens is 3. The number of halogens is 3. The van der Waals surface area contributed by atoms with Gasteiger partial charge in [-0.25, -0.2) is 13.2 Å². The first kappa shape index (κ1) is 30.2. The summed E-state index contributed by atoms with van der Waals surface area (Å²) in [5.41, 5.74) is 0.0763. The van der Waals surface area contributed by atoms with E-state index in [1.165, 1.54) is 31.5 Å². The van der Waals surface area contributed by atoms with Gasteiger partial charge in [0, 0.05) is 37.3 Å². The van der Waals surface area contributed by atoms with Crippen molar-refractivity contribution in [2.45, 2.75) is 63.2 Å². The predicted molar refractivity (Wildman–Crippen MR) is 169 cm³/mol. The number of methoxy groups -OCH3 is 1. The molecule has 246 valence electrons. The number of carbonyl (C=O) groups excluding carboxylic acids is 1. The van der Waals surface area contributed by atoms with Crippen molar-refractivity contribution in [3.8, 4) is 23.0 Å². The number of aryl methyl sites for hydroxylation is 1. The number of anilines is 1. The molecule has 3 saturated heterocycles. The third kappa shape index (κ3) is 4.77. The van der Waals surface area contributed by atoms with Crippen LogP contribution in [-0.4, -0.2) is 82.0 Å². The highest BCUT2D eigenvalue weighted by molar-refractivity contribution is 6.01. The first-order valence-corrected chi connectivity index (χ1v) is 16.4. The molecule has 4 aliphatic rings. The minimum Gasteiger partial charge on any atom is -0.508 e. The lowest BCUT2D eigenvalue weighted by atomic mass is 9.94. The van der Waals surface area contributed by atoms with Crippen LogP contribution in [0, 0.1) is 23.5 Å². The minimum absolute atomic E-state index is 0.0195. The number of ether oxygens (including phenoxy) is 2. The Labute approximate surface area is 269 Å². The number of alkyl halides is 1. The van der Waals surface area contributed by atoms with E-state index in [2.05, 4.69) is 19.8 Å². The Morgan fingerprint density at radius 3 is 2.79 bits per heavy atom. The number of benzene rings is 2. The summed E-state index contributed by atoms with van der Waals surface area (Å²) in [7, 11) is 1.40. The highest BCUT2D eigenvalue weighted by Crippen LogP contribution is 2.47. The molecule has 9 nitrogen and oxygen atoms in total. The summed E-state index contributed by atoms with van der Waals surface area (Å²) in [5.74, 6) is -1.20. The molecule has 4 fully saturated rings. The van der Waals surface area contributed by atoms with Crippen LogP contribution in [0.1, 0.15) is 44.6 Å². The maximum absolute atomic E-state index is 16.9. The molecule has 5 heterocycles. The average molecular weight is 648 g/mol. The Kier molecular flexibility index (Phi) is 7.19. The Hall–Kier alpha value is -4.19. The number of hydrogen-bond acceptors (Lipinski definition) is 9. The van der Waals surface area contributed by atoms with E-state index in [1.54, 1.807) is 6.07 Å². The first-order valence-electron chi connectivity index (χ1n) is 16.4. The third-order valence-electron chi connectivity index (χ3n) is 11.0. The van der Waals surface area contributed by atoms with Gasteiger partial charge in [-0.2, -0.15) is 9.97 Å². The number of rotatable bonds is 7. The van der Waals surface area contributed by atoms with Crippen LogP contribution in [0.5, 0.6) is 11.8 Å². The summed E-state index contributed by atoms with van der Waals surface area (Å²) >= 11 is 0. The normalized spacial score (nSPS) is 26.9. The average Bonchev–Trinajstić information content (AvgIpc) is 3.83. The molecule has 47 heavy (non-hydrogen) atoms. The van der Waals surface area contributed by atoms with E-state index >= 15 is 4.39 Å². The molecule has 2 bridgehead atoms. The van der Waals surface area contributed by atoms with Gasteiger partial charge in [0.15, 0.2) is 5.82 Å². The van der Waals surface area contributed by atoms with Crippen LogP contribution in [-0.2, 0) is 16.0 Å². The predicted octanol–water partition coefficient (Wildman–Crippen LogP) is 5.73. The van der Waals surface area contributed by atoms with E-state index in [1.807, 2.05) is 6.92 Å². The van der Waals surface area contributed by atoms with Crippen molar-refractivity contribution >= 4 is 33.5 Å². The highest BCUT2D eigenvalue weighted by atomic mass is 19.1. The fraction of sp³-hybridized carbons (Fsp3) is 0.486. The fourth-order valence-electron chi connectivity index (χ4n) is 8.83. The summed E-state index contributed by atoms with van der Waals surface area (Å²) in [6, 6.07) is 5.76. The molecule has 2 aromatic carbocycles. The Bertz CT molecular complexity index is 1930. The molecule has 0 amide bonds. The molecule has 2 aromatic heterocycles. The second-order valence-electron chi connectivity index (χ2n) is 13.5. The molecule has 8 rings (SSSR count). The molecule has 5 atom stereocenters. The second-order valence-corrected chi connectivity index (χ2v) is 13.5. The van der Waals surface area contributed by atoms with Crippen molar-refractivity contribution < 1.29 is 32.5 Å². The topological polar surface area (TPSA) is 101 Å². The Balaban J connectivity index is 1.25. The third-order valence-corrected chi connectivity index (χ3v) is 11.0. The number of phenolic OH excluding ortho intramolecular Hbond substituents is 1. The van der Waals surface area contributed by atoms with Gasteiger partial charge in [0.1, 0.15) is 41.4 Å². The van der Waals surface area contributed by atoms with Crippen LogP contribution in [0.4, 0.5) is 19.0 Å². The summed E-state index contributed by atoms with van der Waals surface area (Å²) in [6.07, 6.45) is 4.39. The number of hydrogen-bond donors (Lipinski definition) is 1. The van der Waals surface area contributed by atoms with Crippen molar-refractivity contribution in [2.24, 2.45) is 11.8 Å². The molecule has 3 aliphatic heterocycles. The van der Waals surface area contributed by atoms with Crippen molar-refractivity contribution in [1.29, 1.82) is 0 Å². The lowest BCUT2D eigenvalue weighted by Gasteiger charge is -2.33. The van der Waals surface area contributed by atoms with E-state index in [0.717, 1.165) is 25.8 Å². The van der Waals surface area contributed by atoms with Gasteiger partial charge >= 0.3 is 12.0 Å². The summed E-state index contributed by atoms with van der Waals surface area (Å²) in [5, 5.41) is 12.0. The van der Waals surface area contributed by atoms with Crippen molar-refractivity contribution in [2.75, 3.05) is 38.3 Å². The van der Waals surface area contributed by atoms with Crippen molar-refractivity contribution in [1.82, 2.24) is 19.9 Å². The standard InChI is InChI=1S/C35H36F3N5O4/c1-3-23-27(37)6-5-18-10-22(44)12-25(28(18)23)30-29(38)31-26(14-39-30)32(43-15-19-9-21(43)11-24(19)33(45)46-2)41-34(40-31)47-17-35-7-4-8-42(35)16-20(36)13-35/h5-6,10,12,14,19-21,24,44H,3-4,7-9,11,13,15-17H2,1-2H3/t19?,20-,21?,24?,35+/m1/s1. The van der Waals surface area contributed by atoms with E-state index < -0.39 is 23.3 Å². The maximum Gasteiger partial charge on any atom is 0.319 e. The van der Waals surface area contributed by atoms with Gasteiger partial charge in [-0.15, -0.1) is 0 Å². The molecule has 0 radical (unpaired) electrons. The van der Waals surface area contributed by atoms with E-state index in [0.29, 0.717) is 59.9 Å². The molecule has 12 heteroatoms. The quantitative estimate of drug-likeness (QED) is 0.252. The number of pyridine rings is 1. The zero-order chi connectivity index (χ0) is 32.6. The minimum atomic E-state index is -0.934. The Morgan fingerprint density at radius 2 is 2.02 bits per heavy atom. The van der Waals surface area contributed by atoms with Gasteiger partial charge in [0.05, 0.1) is 24.0 Å². The zero-order valence-corrected chi connectivity index (χ0v) is 26.3. The lowest BCUT2D eigenvalue weighted by Crippen LogP contribution is -2.43. The molecule has 3 unspecified atom stereocenters. The van der Waals surface area contributed by atoms with E-state index in [9.17, 15) is 18.7 Å². The van der Waals surface area contributed by atoms with E-state index in [4.69, 9.17) is 14.5 Å². The molecule has 4 aromatic rings. The Morgan fingerprint density at radius 1 is 1.17 bits per heavy atom. The van der Waals surface area contributed by atoms with Gasteiger partial charge < -0.3 is 19.5 Å². The van der Waals surface area contributed by atoms with Gasteiger partial charge in [0.2, 0.25) is 0 Å². The number of phenols is 1. The van der Waals surface area contributed by atoms with Crippen LogP contribution < -0.4 is 9.64 Å². The van der Waals surface area contributed by atoms with Crippen LogP contribution >= 0.6 is 0 Å². The number of esters is 1. The van der Waals surface area contributed by atoms with Crippen LogP contribution in [0.3, 0.4) is 0 Å². The fourth-order valence-corrected chi connectivity index (χ4v) is 8.83. The van der Waals surface area contributed by atoms with Crippen LogP contribution in [0.15, 0.2) is 30.5 Å². The first-order chi connectivity index (χ1) is 22.7. The smallest absolute Gasteiger partial charge is 0.319 e. The van der Waals surface area contributed by atoms with E-state index in [-0.39, 0.29) is 59.0 Å². The number of aromatic hydroxyl groups is 1. The van der Waals surface area contributed by atoms with Gasteiger partial charge in [0.25, 0.3) is 0 Å². The van der Waals surface area contributed by atoms with Crippen molar-refractivity contribution in [3.05, 3.63) is 47.7 Å². The number of nitrogens with zero attached hydrogens (tertiary/aromatic N) is 5. The second kappa shape index (κ2) is 11.2. The maximum atomic E-state index is 16.9. The monoisotopic (exact) mass is 647 g/mol. The SMILES string of the molecule is CCc1c(F)ccc2cc(O)cc(-c3ncc4c(N5CC6CC5CC6C(=O)OC)nc(OC[C@@]56CCCN5C[C@H](F)C6)nc4c3F)c12. The van der Waals surface area contributed by atoms with Crippen LogP contribution in [0.25, 0.3) is 32.9 Å². The summed E-state index contributed by atoms with van der Waals surface area (Å²) < 4.78 is 57.6. The summed E-state index contributed by atoms with van der Waals surface area (Å²) in [6.45, 7) is 3.68. The number of fused-ring (bicyclic) bond motifs is 5. The van der Waals surface area contributed by atoms with Crippen molar-refractivity contribution in [3.63, 3.8) is 0 Å². The number of piperidine rings is 1. The molecular weight excluding hydrogens is 611 g/mol. The molecule has 0 spiro atoms. The van der Waals surface area contributed by atoms with Gasteiger partial charge in [-0.05, 0) is 79.1 Å². The molecule has 1 N–H and O–H groups in total. The van der Waals surface area contributed by atoms with Crippen LogP contribution in [0.2, 0.25) is 0 Å². The number of carbonyl (C=O) groups is 1. The summed E-state index contributed by atoms with van der Waals surface area (Å²) in [4.78, 5) is 30.5. The highest BCUT2D eigenvalue weighted by Gasteiger charge is 2.50.